The Balaban J connectivity index is 2.69. The number of benzene rings is 1. The van der Waals surface area contributed by atoms with E-state index in [1.165, 1.54) is 0 Å². The highest BCUT2D eigenvalue weighted by molar-refractivity contribution is 5.48. The zero-order valence-corrected chi connectivity index (χ0v) is 11.4. The lowest BCUT2D eigenvalue weighted by molar-refractivity contribution is 0.0616. The summed E-state index contributed by atoms with van der Waals surface area (Å²) in [4.78, 5) is 0. The summed E-state index contributed by atoms with van der Waals surface area (Å²) in [5, 5.41) is 8.73. The second-order valence-corrected chi connectivity index (χ2v) is 3.86. The van der Waals surface area contributed by atoms with Crippen LogP contribution >= 0.6 is 0 Å². The van der Waals surface area contributed by atoms with Crippen LogP contribution in [0.4, 0.5) is 0 Å². The van der Waals surface area contributed by atoms with E-state index in [-0.39, 0.29) is 6.61 Å². The van der Waals surface area contributed by atoms with Crippen molar-refractivity contribution in [3.8, 4) is 17.6 Å². The van der Waals surface area contributed by atoms with Crippen molar-refractivity contribution in [3.05, 3.63) is 29.3 Å². The molecule has 0 unspecified atom stereocenters. The first kappa shape index (κ1) is 15.5. The number of aliphatic hydroxyl groups excluding tert-OH is 1. The van der Waals surface area contributed by atoms with Crippen molar-refractivity contribution >= 4 is 0 Å². The van der Waals surface area contributed by atoms with Gasteiger partial charge in [0.15, 0.2) is 0 Å². The number of hydrogen-bond donors (Lipinski definition) is 1. The van der Waals surface area contributed by atoms with Crippen molar-refractivity contribution in [3.63, 3.8) is 0 Å². The van der Waals surface area contributed by atoms with Crippen molar-refractivity contribution in [2.24, 2.45) is 0 Å². The van der Waals surface area contributed by atoms with Gasteiger partial charge in [0.05, 0.1) is 39.1 Å². The molecule has 0 heterocycles. The molecule has 1 aromatic rings. The van der Waals surface area contributed by atoms with Gasteiger partial charge in [0, 0.05) is 13.5 Å². The Morgan fingerprint density at radius 3 is 2.74 bits per heavy atom. The van der Waals surface area contributed by atoms with Gasteiger partial charge in [0.2, 0.25) is 0 Å². The summed E-state index contributed by atoms with van der Waals surface area (Å²) in [6, 6.07) is 5.76. The van der Waals surface area contributed by atoms with Crippen LogP contribution in [0.5, 0.6) is 5.75 Å². The van der Waals surface area contributed by atoms with Crippen molar-refractivity contribution in [1.82, 2.24) is 0 Å². The van der Waals surface area contributed by atoms with Gasteiger partial charge in [-0.1, -0.05) is 17.9 Å². The normalized spacial score (nSPS) is 9.84. The third-order valence-corrected chi connectivity index (χ3v) is 2.42. The van der Waals surface area contributed by atoms with Gasteiger partial charge in [0.25, 0.3) is 0 Å². The lowest BCUT2D eigenvalue weighted by Gasteiger charge is -2.07. The summed E-state index contributed by atoms with van der Waals surface area (Å²) in [5.74, 6) is 6.61. The number of hydrogen-bond acceptors (Lipinski definition) is 4. The number of methoxy groups -OCH3 is 2. The Morgan fingerprint density at radius 2 is 2.05 bits per heavy atom. The van der Waals surface area contributed by atoms with Gasteiger partial charge in [-0.05, 0) is 17.7 Å². The average molecular weight is 264 g/mol. The van der Waals surface area contributed by atoms with E-state index < -0.39 is 0 Å². The molecule has 0 radical (unpaired) electrons. The maximum atomic E-state index is 8.73. The molecule has 0 atom stereocenters. The van der Waals surface area contributed by atoms with E-state index in [9.17, 15) is 0 Å². The zero-order chi connectivity index (χ0) is 13.9. The summed E-state index contributed by atoms with van der Waals surface area (Å²) in [6.45, 7) is 1.73. The molecular weight excluding hydrogens is 244 g/mol. The molecule has 1 N–H and O–H groups in total. The van der Waals surface area contributed by atoms with E-state index in [1.807, 2.05) is 18.2 Å². The first-order chi connectivity index (χ1) is 9.31. The van der Waals surface area contributed by atoms with Gasteiger partial charge in [-0.3, -0.25) is 0 Å². The van der Waals surface area contributed by atoms with Crippen LogP contribution in [0, 0.1) is 11.8 Å². The fraction of sp³-hybridized carbons (Fsp3) is 0.467. The third-order valence-electron chi connectivity index (χ3n) is 2.42. The highest BCUT2D eigenvalue weighted by Gasteiger charge is 2.02. The van der Waals surface area contributed by atoms with Gasteiger partial charge < -0.3 is 19.3 Å². The van der Waals surface area contributed by atoms with E-state index in [1.54, 1.807) is 14.2 Å². The molecular formula is C15H20O4. The molecule has 0 aliphatic heterocycles. The van der Waals surface area contributed by atoms with Gasteiger partial charge in [-0.2, -0.15) is 0 Å². The fourth-order valence-electron chi connectivity index (χ4n) is 1.49. The molecule has 1 rings (SSSR count). The predicted molar refractivity (Wildman–Crippen MR) is 73.1 cm³/mol. The second kappa shape index (κ2) is 9.40. The lowest BCUT2D eigenvalue weighted by Crippen LogP contribution is -2.02. The van der Waals surface area contributed by atoms with Crippen LogP contribution in [0.1, 0.15) is 17.5 Å². The second-order valence-electron chi connectivity index (χ2n) is 3.86. The summed E-state index contributed by atoms with van der Waals surface area (Å²) in [5.41, 5.74) is 1.84. The highest BCUT2D eigenvalue weighted by Crippen LogP contribution is 2.19. The molecule has 4 heteroatoms. The molecule has 104 valence electrons. The summed E-state index contributed by atoms with van der Waals surface area (Å²) >= 11 is 0. The fourth-order valence-corrected chi connectivity index (χ4v) is 1.49. The first-order valence-electron chi connectivity index (χ1n) is 6.15. The van der Waals surface area contributed by atoms with Crippen LogP contribution in [0.3, 0.4) is 0 Å². The molecule has 19 heavy (non-hydrogen) atoms. The van der Waals surface area contributed by atoms with Gasteiger partial charge >= 0.3 is 0 Å². The molecule has 0 saturated carbocycles. The van der Waals surface area contributed by atoms with E-state index in [4.69, 9.17) is 19.3 Å². The Kier molecular flexibility index (Phi) is 7.68. The summed E-state index contributed by atoms with van der Waals surface area (Å²) in [7, 11) is 3.26. The Hall–Kier alpha value is -1.54. The van der Waals surface area contributed by atoms with Crippen LogP contribution in [0.25, 0.3) is 0 Å². The Labute approximate surface area is 114 Å². The number of ether oxygens (including phenoxy) is 3. The third kappa shape index (κ3) is 5.75. The van der Waals surface area contributed by atoms with Crippen molar-refractivity contribution in [1.29, 1.82) is 0 Å². The van der Waals surface area contributed by atoms with Crippen molar-refractivity contribution in [2.45, 2.75) is 13.0 Å². The molecule has 0 saturated heterocycles. The molecule has 0 aliphatic carbocycles. The summed E-state index contributed by atoms with van der Waals surface area (Å²) in [6.07, 6.45) is 0.456. The lowest BCUT2D eigenvalue weighted by atomic mass is 10.1. The maximum Gasteiger partial charge on any atom is 0.134 e. The zero-order valence-electron chi connectivity index (χ0n) is 11.4. The van der Waals surface area contributed by atoms with Crippen LogP contribution in [0.15, 0.2) is 18.2 Å². The predicted octanol–water partition coefficient (Wildman–Crippen LogP) is 1.59. The monoisotopic (exact) mass is 264 g/mol. The topological polar surface area (TPSA) is 47.9 Å². The molecule has 0 spiro atoms. The van der Waals surface area contributed by atoms with Gasteiger partial charge in [-0.15, -0.1) is 0 Å². The van der Waals surface area contributed by atoms with Gasteiger partial charge in [-0.25, -0.2) is 0 Å². The molecule has 0 aliphatic rings. The van der Waals surface area contributed by atoms with Crippen LogP contribution in [-0.2, 0) is 16.1 Å². The molecule has 4 nitrogen and oxygen atoms in total. The Bertz CT molecular complexity index is 432. The average Bonchev–Trinajstić information content (AvgIpc) is 2.44. The largest absolute Gasteiger partial charge is 0.495 e. The Morgan fingerprint density at radius 1 is 1.21 bits per heavy atom. The van der Waals surface area contributed by atoms with Crippen molar-refractivity contribution < 1.29 is 19.3 Å². The van der Waals surface area contributed by atoms with Gasteiger partial charge in [0.1, 0.15) is 5.75 Å². The van der Waals surface area contributed by atoms with E-state index >= 15 is 0 Å². The SMILES string of the molecule is COCCOCc1ccc(OC)c(C#CCCO)c1. The van der Waals surface area contributed by atoms with Crippen molar-refractivity contribution in [2.75, 3.05) is 34.0 Å². The van der Waals surface area contributed by atoms with Crippen LogP contribution < -0.4 is 4.74 Å². The number of aliphatic hydroxyl groups is 1. The van der Waals surface area contributed by atoms with E-state index in [0.29, 0.717) is 26.2 Å². The molecule has 0 aromatic heterocycles. The molecule has 0 amide bonds. The van der Waals surface area contributed by atoms with Crippen LogP contribution in [-0.4, -0.2) is 39.1 Å². The highest BCUT2D eigenvalue weighted by atomic mass is 16.5. The molecule has 1 aromatic carbocycles. The first-order valence-corrected chi connectivity index (χ1v) is 6.15. The minimum Gasteiger partial charge on any atom is -0.495 e. The minimum atomic E-state index is 0.0646. The van der Waals surface area contributed by atoms with Crippen LogP contribution in [0.2, 0.25) is 0 Å². The van der Waals surface area contributed by atoms with E-state index in [0.717, 1.165) is 16.9 Å². The molecule has 0 bridgehead atoms. The quantitative estimate of drug-likeness (QED) is 0.600. The maximum absolute atomic E-state index is 8.73. The number of rotatable bonds is 7. The minimum absolute atomic E-state index is 0.0646. The standard InChI is InChI=1S/C15H20O4/c1-17-9-10-19-12-13-6-7-15(18-2)14(11-13)5-3-4-8-16/h6-7,11,16H,4,8-10,12H2,1-2H3. The summed E-state index contributed by atoms with van der Waals surface area (Å²) < 4.78 is 15.6. The molecule has 0 fully saturated rings. The van der Waals surface area contributed by atoms with E-state index in [2.05, 4.69) is 11.8 Å². The smallest absolute Gasteiger partial charge is 0.134 e.